The highest BCUT2D eigenvalue weighted by Crippen LogP contribution is 2.20. The van der Waals surface area contributed by atoms with Gasteiger partial charge in [0.2, 0.25) is 0 Å². The lowest BCUT2D eigenvalue weighted by molar-refractivity contribution is 0.322. The van der Waals surface area contributed by atoms with E-state index in [1.54, 1.807) is 0 Å². The van der Waals surface area contributed by atoms with E-state index < -0.39 is 0 Å². The van der Waals surface area contributed by atoms with E-state index in [9.17, 15) is 0 Å². The molecule has 0 fully saturated rings. The van der Waals surface area contributed by atoms with Crippen LogP contribution in [0.25, 0.3) is 0 Å². The Bertz CT molecular complexity index is 479. The maximum Gasteiger partial charge on any atom is 0.117 e. The molecule has 0 spiro atoms. The fourth-order valence-electron chi connectivity index (χ4n) is 3.14. The maximum absolute atomic E-state index is 5.52. The van der Waals surface area contributed by atoms with Crippen molar-refractivity contribution in [2.45, 2.75) is 87.6 Å². The summed E-state index contributed by atoms with van der Waals surface area (Å²) in [5.74, 6) is 0. The molecule has 4 atom stereocenters. The summed E-state index contributed by atoms with van der Waals surface area (Å²) in [6, 6.07) is 0.214. The molecule has 0 bridgehead atoms. The predicted octanol–water partition coefficient (Wildman–Crippen LogP) is 3.05. The van der Waals surface area contributed by atoms with Crippen LogP contribution in [0.2, 0.25) is 0 Å². The molecular formula is C16H32N4S4. The monoisotopic (exact) mass is 408 g/mol. The van der Waals surface area contributed by atoms with Gasteiger partial charge >= 0.3 is 0 Å². The molecule has 24 heavy (non-hydrogen) atoms. The minimum atomic E-state index is -0.206. The van der Waals surface area contributed by atoms with Crippen LogP contribution in [0.4, 0.5) is 0 Å². The van der Waals surface area contributed by atoms with E-state index in [4.69, 9.17) is 17.2 Å². The van der Waals surface area contributed by atoms with E-state index >= 15 is 0 Å². The van der Waals surface area contributed by atoms with Crippen LogP contribution < -0.4 is 16.0 Å². The van der Waals surface area contributed by atoms with Crippen LogP contribution in [-0.4, -0.2) is 43.9 Å². The van der Waals surface area contributed by atoms with Crippen molar-refractivity contribution in [1.82, 2.24) is 16.0 Å². The first kappa shape index (κ1) is 22.6. The van der Waals surface area contributed by atoms with Gasteiger partial charge < -0.3 is 5.32 Å². The van der Waals surface area contributed by atoms with Crippen molar-refractivity contribution >= 4 is 60.8 Å². The van der Waals surface area contributed by atoms with Crippen molar-refractivity contribution in [1.29, 1.82) is 0 Å². The summed E-state index contributed by atoms with van der Waals surface area (Å²) in [6.07, 6.45) is 1.67. The minimum absolute atomic E-state index is 0.123. The lowest BCUT2D eigenvalue weighted by Crippen LogP contribution is -2.54. The van der Waals surface area contributed by atoms with E-state index in [2.05, 4.69) is 88.5 Å². The number of thiocarbonyl (C=S) groups is 1. The van der Waals surface area contributed by atoms with Crippen LogP contribution in [-0.2, 0) is 0 Å². The van der Waals surface area contributed by atoms with E-state index in [-0.39, 0.29) is 33.2 Å². The Balaban J connectivity index is 3.07. The van der Waals surface area contributed by atoms with Gasteiger partial charge in [-0.3, -0.25) is 15.6 Å². The number of thiol groups is 3. The van der Waals surface area contributed by atoms with Crippen molar-refractivity contribution < 1.29 is 0 Å². The highest BCUT2D eigenvalue weighted by molar-refractivity contribution is 7.86. The van der Waals surface area contributed by atoms with Crippen LogP contribution in [0.3, 0.4) is 0 Å². The summed E-state index contributed by atoms with van der Waals surface area (Å²) in [5, 5.41) is 9.85. The molecule has 3 N–H and O–H groups in total. The second-order valence-corrected chi connectivity index (χ2v) is 10.0. The van der Waals surface area contributed by atoms with Crippen LogP contribution in [0.1, 0.15) is 54.4 Å². The summed E-state index contributed by atoms with van der Waals surface area (Å²) in [7, 11) is 0. The van der Waals surface area contributed by atoms with Crippen LogP contribution in [0.15, 0.2) is 4.99 Å². The second-order valence-electron chi connectivity index (χ2n) is 7.97. The Kier molecular flexibility index (Phi) is 8.42. The summed E-state index contributed by atoms with van der Waals surface area (Å²) < 4.78 is 0. The molecule has 0 saturated carbocycles. The van der Waals surface area contributed by atoms with Gasteiger partial charge in [-0.1, -0.05) is 12.2 Å². The molecule has 0 radical (unpaired) electrons. The smallest absolute Gasteiger partial charge is 0.117 e. The molecule has 1 aliphatic rings. The average molecular weight is 409 g/mol. The first-order valence-corrected chi connectivity index (χ1v) is 10.2. The molecule has 0 amide bonds. The molecule has 1 heterocycles. The number of hydrogen-bond donors (Lipinski definition) is 6. The molecule has 1 rings (SSSR count). The number of hydrogen-bond acceptors (Lipinski definition) is 7. The molecule has 0 saturated heterocycles. The molecule has 0 aromatic rings. The van der Waals surface area contributed by atoms with Gasteiger partial charge in [0.1, 0.15) is 15.7 Å². The Morgan fingerprint density at radius 3 is 2.25 bits per heavy atom. The normalized spacial score (nSPS) is 37.7. The molecule has 0 aromatic heterocycles. The average Bonchev–Trinajstić information content (AvgIpc) is 2.33. The van der Waals surface area contributed by atoms with Gasteiger partial charge in [-0.05, 0) is 48.0 Å². The zero-order valence-corrected chi connectivity index (χ0v) is 18.9. The first-order valence-electron chi connectivity index (χ1n) is 8.24. The van der Waals surface area contributed by atoms with E-state index in [1.165, 1.54) is 0 Å². The molecule has 0 aromatic carbocycles. The largest absolute Gasteiger partial charge is 0.375 e. The third-order valence-corrected chi connectivity index (χ3v) is 5.83. The van der Waals surface area contributed by atoms with Gasteiger partial charge in [-0.2, -0.15) is 37.9 Å². The van der Waals surface area contributed by atoms with Crippen molar-refractivity contribution in [3.63, 3.8) is 0 Å². The molecule has 4 nitrogen and oxygen atoms in total. The van der Waals surface area contributed by atoms with Crippen molar-refractivity contribution in [2.75, 3.05) is 0 Å². The van der Waals surface area contributed by atoms with Gasteiger partial charge in [-0.15, -0.1) is 0 Å². The van der Waals surface area contributed by atoms with E-state index in [0.29, 0.717) is 0 Å². The molecular weight excluding hydrogens is 376 g/mol. The van der Waals surface area contributed by atoms with Gasteiger partial charge in [-0.25, -0.2) is 0 Å². The van der Waals surface area contributed by atoms with Crippen LogP contribution in [0.5, 0.6) is 0 Å². The van der Waals surface area contributed by atoms with Gasteiger partial charge in [0.15, 0.2) is 0 Å². The Labute approximate surface area is 169 Å². The molecule has 8 heteroatoms. The van der Waals surface area contributed by atoms with Gasteiger partial charge in [0.05, 0.1) is 5.37 Å². The Hall–Kier alpha value is 0.530. The number of nitrogens with zero attached hydrogens (tertiary/aromatic N) is 1. The summed E-state index contributed by atoms with van der Waals surface area (Å²) in [5.41, 5.74) is 0.726. The number of aliphatic imine (C=N–C) groups is 1. The standard InChI is InChI=1S/C16H32N4S4/c1-9-7-15(3,4)19-14(24)12(22)18-10(2)8-16(5,6)20-13(23)11(21)17-9/h9,12-14,19-20,22-24H,7-8H2,1-6H3,(H,17,21)/b18-10+. The third kappa shape index (κ3) is 7.83. The van der Waals surface area contributed by atoms with Gasteiger partial charge in [0, 0.05) is 29.3 Å². The second kappa shape index (κ2) is 8.95. The topological polar surface area (TPSA) is 48.5 Å². The maximum atomic E-state index is 5.52. The number of rotatable bonds is 0. The van der Waals surface area contributed by atoms with Crippen LogP contribution >= 0.6 is 50.1 Å². The summed E-state index contributed by atoms with van der Waals surface area (Å²) in [6.45, 7) is 12.7. The quantitative estimate of drug-likeness (QED) is 0.276. The van der Waals surface area contributed by atoms with Crippen LogP contribution in [0, 0.1) is 0 Å². The first-order chi connectivity index (χ1) is 10.8. The fraction of sp³-hybridized carbons (Fsp3) is 0.875. The molecule has 0 aliphatic carbocycles. The highest BCUT2D eigenvalue weighted by Gasteiger charge is 2.29. The SMILES string of the molecule is C/C1=N\C(S)C(S)NC(C)(C)CC(C)NC(=S)C(S)NC(C)(C)C1. The molecule has 140 valence electrons. The Morgan fingerprint density at radius 2 is 1.67 bits per heavy atom. The lowest BCUT2D eigenvalue weighted by Gasteiger charge is -2.36. The zero-order valence-electron chi connectivity index (χ0n) is 15.4. The third-order valence-electron chi connectivity index (χ3n) is 3.85. The minimum Gasteiger partial charge on any atom is -0.375 e. The summed E-state index contributed by atoms with van der Waals surface area (Å²) >= 11 is 19.4. The highest BCUT2D eigenvalue weighted by atomic mass is 32.1. The fourth-order valence-corrected chi connectivity index (χ4v) is 4.51. The van der Waals surface area contributed by atoms with Crippen molar-refractivity contribution in [3.05, 3.63) is 0 Å². The van der Waals surface area contributed by atoms with E-state index in [0.717, 1.165) is 23.5 Å². The van der Waals surface area contributed by atoms with Crippen molar-refractivity contribution in [3.8, 4) is 0 Å². The number of nitrogens with one attached hydrogen (secondary N) is 3. The molecule has 4 unspecified atom stereocenters. The zero-order chi connectivity index (χ0) is 18.7. The van der Waals surface area contributed by atoms with Gasteiger partial charge in [0.25, 0.3) is 0 Å². The molecule has 1 aliphatic heterocycles. The lowest BCUT2D eigenvalue weighted by atomic mass is 9.95. The van der Waals surface area contributed by atoms with Crippen molar-refractivity contribution in [2.24, 2.45) is 4.99 Å². The van der Waals surface area contributed by atoms with E-state index in [1.807, 2.05) is 6.92 Å². The predicted molar refractivity (Wildman–Crippen MR) is 120 cm³/mol. The summed E-state index contributed by atoms with van der Waals surface area (Å²) in [4.78, 5) is 5.42. The Morgan fingerprint density at radius 1 is 1.08 bits per heavy atom.